The summed E-state index contributed by atoms with van der Waals surface area (Å²) >= 11 is 7.57. The van der Waals surface area contributed by atoms with E-state index in [-0.39, 0.29) is 17.9 Å². The quantitative estimate of drug-likeness (QED) is 0.427. The molecule has 0 heterocycles. The van der Waals surface area contributed by atoms with Crippen LogP contribution in [0, 0.1) is 6.92 Å². The molecular weight excluding hydrogens is 428 g/mol. The van der Waals surface area contributed by atoms with Gasteiger partial charge < -0.3 is 10.2 Å². The summed E-state index contributed by atoms with van der Waals surface area (Å²) in [4.78, 5) is 29.1. The second-order valence-corrected chi connectivity index (χ2v) is 9.35. The van der Waals surface area contributed by atoms with Gasteiger partial charge in [0.25, 0.3) is 0 Å². The average molecular weight is 461 g/mol. The lowest BCUT2D eigenvalue weighted by Gasteiger charge is -2.32. The van der Waals surface area contributed by atoms with Crippen molar-refractivity contribution in [1.82, 2.24) is 10.2 Å². The van der Waals surface area contributed by atoms with Crippen molar-refractivity contribution in [2.75, 3.05) is 5.75 Å². The summed E-state index contributed by atoms with van der Waals surface area (Å²) in [6, 6.07) is 15.2. The number of aryl methyl sites for hydroxylation is 1. The van der Waals surface area contributed by atoms with Gasteiger partial charge in [-0.2, -0.15) is 0 Å². The summed E-state index contributed by atoms with van der Waals surface area (Å²) in [5.41, 5.74) is 2.18. The van der Waals surface area contributed by atoms with Gasteiger partial charge in [0.05, 0.1) is 0 Å². The van der Waals surface area contributed by atoms with E-state index in [4.69, 9.17) is 11.6 Å². The monoisotopic (exact) mass is 460 g/mol. The molecule has 31 heavy (non-hydrogen) atoms. The van der Waals surface area contributed by atoms with Crippen LogP contribution in [0.15, 0.2) is 53.4 Å². The Bertz CT molecular complexity index is 857. The predicted molar refractivity (Wildman–Crippen MR) is 130 cm³/mol. The van der Waals surface area contributed by atoms with Crippen molar-refractivity contribution in [2.45, 2.75) is 70.5 Å². The Hall–Kier alpha value is -1.98. The molecule has 2 amide bonds. The van der Waals surface area contributed by atoms with Crippen molar-refractivity contribution in [3.63, 3.8) is 0 Å². The number of thioether (sulfide) groups is 1. The van der Waals surface area contributed by atoms with Crippen LogP contribution in [0.4, 0.5) is 0 Å². The van der Waals surface area contributed by atoms with E-state index < -0.39 is 6.04 Å². The largest absolute Gasteiger partial charge is 0.352 e. The maximum Gasteiger partial charge on any atom is 0.243 e. The molecule has 0 spiro atoms. The zero-order valence-electron chi connectivity index (χ0n) is 18.9. The highest BCUT2D eigenvalue weighted by molar-refractivity contribution is 7.99. The minimum atomic E-state index is -0.485. The fourth-order valence-electron chi connectivity index (χ4n) is 3.26. The Labute approximate surface area is 195 Å². The minimum Gasteiger partial charge on any atom is -0.352 e. The van der Waals surface area contributed by atoms with Crippen LogP contribution in [0.5, 0.6) is 0 Å². The van der Waals surface area contributed by atoms with E-state index in [1.54, 1.807) is 16.7 Å². The van der Waals surface area contributed by atoms with Crippen LogP contribution in [0.1, 0.15) is 51.2 Å². The highest BCUT2D eigenvalue weighted by Gasteiger charge is 2.29. The van der Waals surface area contributed by atoms with Crippen LogP contribution in [0.3, 0.4) is 0 Å². The molecule has 2 aromatic rings. The summed E-state index contributed by atoms with van der Waals surface area (Å²) in [6.45, 7) is 8.45. The van der Waals surface area contributed by atoms with E-state index in [2.05, 4.69) is 5.32 Å². The lowest BCUT2D eigenvalue weighted by atomic mass is 10.1. The normalized spacial score (nSPS) is 12.8. The van der Waals surface area contributed by atoms with Crippen molar-refractivity contribution in [3.8, 4) is 0 Å². The molecule has 0 aliphatic rings. The van der Waals surface area contributed by atoms with Gasteiger partial charge in [-0.05, 0) is 62.1 Å². The molecule has 0 aliphatic carbocycles. The molecule has 0 bridgehead atoms. The summed E-state index contributed by atoms with van der Waals surface area (Å²) in [7, 11) is 0. The van der Waals surface area contributed by atoms with Crippen LogP contribution in [0.2, 0.25) is 5.02 Å². The molecule has 0 saturated carbocycles. The van der Waals surface area contributed by atoms with Crippen molar-refractivity contribution < 1.29 is 9.59 Å². The molecule has 0 aromatic heterocycles. The molecule has 2 atom stereocenters. The van der Waals surface area contributed by atoms with Crippen molar-refractivity contribution in [3.05, 3.63) is 64.7 Å². The van der Waals surface area contributed by atoms with Gasteiger partial charge in [-0.3, -0.25) is 9.59 Å². The van der Waals surface area contributed by atoms with E-state index in [1.165, 1.54) is 0 Å². The van der Waals surface area contributed by atoms with E-state index in [9.17, 15) is 9.59 Å². The first-order valence-electron chi connectivity index (χ1n) is 10.9. The number of hydrogen-bond acceptors (Lipinski definition) is 3. The van der Waals surface area contributed by atoms with E-state index in [0.717, 1.165) is 22.4 Å². The molecule has 4 nitrogen and oxygen atoms in total. The number of carbonyl (C=O) groups is 2. The molecular formula is C25H33ClN2O2S. The smallest absolute Gasteiger partial charge is 0.243 e. The second-order valence-electron chi connectivity index (χ2n) is 7.74. The first-order chi connectivity index (χ1) is 14.8. The molecule has 0 radical (unpaired) electrons. The van der Waals surface area contributed by atoms with Gasteiger partial charge in [-0.1, -0.05) is 49.7 Å². The Morgan fingerprint density at radius 2 is 1.74 bits per heavy atom. The zero-order valence-corrected chi connectivity index (χ0v) is 20.4. The van der Waals surface area contributed by atoms with Crippen LogP contribution < -0.4 is 5.32 Å². The molecule has 0 saturated heterocycles. The molecule has 2 aromatic carbocycles. The van der Waals surface area contributed by atoms with Gasteiger partial charge in [0.2, 0.25) is 11.8 Å². The number of nitrogens with one attached hydrogen (secondary N) is 1. The third-order valence-corrected chi connectivity index (χ3v) is 6.65. The Morgan fingerprint density at radius 1 is 1.06 bits per heavy atom. The van der Waals surface area contributed by atoms with Crippen molar-refractivity contribution >= 4 is 35.2 Å². The van der Waals surface area contributed by atoms with Gasteiger partial charge in [0.15, 0.2) is 0 Å². The van der Waals surface area contributed by atoms with Gasteiger partial charge >= 0.3 is 0 Å². The lowest BCUT2D eigenvalue weighted by molar-refractivity contribution is -0.141. The fraction of sp³-hybridized carbons (Fsp3) is 0.440. The first-order valence-corrected chi connectivity index (χ1v) is 12.2. The Kier molecular flexibility index (Phi) is 10.4. The molecule has 0 aliphatic heterocycles. The second kappa shape index (κ2) is 12.8. The van der Waals surface area contributed by atoms with Crippen LogP contribution in [-0.2, 0) is 16.1 Å². The van der Waals surface area contributed by atoms with Gasteiger partial charge in [0.1, 0.15) is 6.04 Å². The number of halogens is 1. The topological polar surface area (TPSA) is 49.4 Å². The number of benzene rings is 2. The van der Waals surface area contributed by atoms with E-state index >= 15 is 0 Å². The Balaban J connectivity index is 2.14. The van der Waals surface area contributed by atoms with Crippen LogP contribution in [0.25, 0.3) is 0 Å². The molecule has 6 heteroatoms. The summed E-state index contributed by atoms with van der Waals surface area (Å²) in [6.07, 6.45) is 1.79. The lowest BCUT2D eigenvalue weighted by Crippen LogP contribution is -2.50. The summed E-state index contributed by atoms with van der Waals surface area (Å²) in [5, 5.41) is 3.75. The Morgan fingerprint density at radius 3 is 2.35 bits per heavy atom. The predicted octanol–water partition coefficient (Wildman–Crippen LogP) is 5.85. The third kappa shape index (κ3) is 7.89. The number of carbonyl (C=O) groups excluding carboxylic acids is 2. The van der Waals surface area contributed by atoms with Gasteiger partial charge in [0, 0.05) is 34.7 Å². The highest BCUT2D eigenvalue weighted by atomic mass is 35.5. The maximum absolute atomic E-state index is 13.3. The third-order valence-electron chi connectivity index (χ3n) is 5.39. The molecule has 2 rings (SSSR count). The first kappa shape index (κ1) is 25.3. The van der Waals surface area contributed by atoms with Crippen LogP contribution in [-0.4, -0.2) is 34.6 Å². The van der Waals surface area contributed by atoms with Crippen LogP contribution >= 0.6 is 23.4 Å². The summed E-state index contributed by atoms with van der Waals surface area (Å²) in [5.74, 6) is 0.564. The SMILES string of the molecule is CC[C@H](C(=O)N[C@@H](C)CC)N(Cc1ccccc1C)C(=O)CCSc1ccc(Cl)cc1. The average Bonchev–Trinajstić information content (AvgIpc) is 2.76. The zero-order chi connectivity index (χ0) is 22.8. The van der Waals surface area contributed by atoms with Gasteiger partial charge in [-0.15, -0.1) is 11.8 Å². The fourth-order valence-corrected chi connectivity index (χ4v) is 4.23. The standard InChI is InChI=1S/C25H33ClN2O2S/c1-5-19(4)27-25(30)23(6-2)28(17-20-10-8-7-9-18(20)3)24(29)15-16-31-22-13-11-21(26)12-14-22/h7-14,19,23H,5-6,15-17H2,1-4H3,(H,27,30)/t19-,23+/m0/s1. The molecule has 0 fully saturated rings. The van der Waals surface area contributed by atoms with Crippen molar-refractivity contribution in [1.29, 1.82) is 0 Å². The van der Waals surface area contributed by atoms with Crippen molar-refractivity contribution in [2.24, 2.45) is 0 Å². The van der Waals surface area contributed by atoms with Gasteiger partial charge in [-0.25, -0.2) is 0 Å². The number of nitrogens with zero attached hydrogens (tertiary/aromatic N) is 1. The number of rotatable bonds is 11. The molecule has 168 valence electrons. The highest BCUT2D eigenvalue weighted by Crippen LogP contribution is 2.22. The molecule has 0 unspecified atom stereocenters. The van der Waals surface area contributed by atoms with E-state index in [1.807, 2.05) is 76.2 Å². The van der Waals surface area contributed by atoms with E-state index in [0.29, 0.717) is 30.2 Å². The maximum atomic E-state index is 13.3. The number of hydrogen-bond donors (Lipinski definition) is 1. The number of amides is 2. The minimum absolute atomic E-state index is 0.00383. The molecule has 1 N–H and O–H groups in total. The summed E-state index contributed by atoms with van der Waals surface area (Å²) < 4.78 is 0.